The van der Waals surface area contributed by atoms with Gasteiger partial charge in [0.05, 0.1) is 16.9 Å². The molecule has 456 valence electrons. The third kappa shape index (κ3) is 19.0. The molecule has 0 N–H and O–H groups in total. The van der Waals surface area contributed by atoms with Crippen LogP contribution in [0.25, 0.3) is 41.8 Å². The fraction of sp³-hybridized carbons (Fsp3) is 0.579. The van der Waals surface area contributed by atoms with Crippen LogP contribution in [0.5, 0.6) is 0 Å². The second-order valence-electron chi connectivity index (χ2n) is 24.9. The van der Waals surface area contributed by atoms with Crippen LogP contribution in [-0.2, 0) is 32.0 Å². The minimum Gasteiger partial charge on any atom is -0.274 e. The van der Waals surface area contributed by atoms with Crippen molar-refractivity contribution < 1.29 is 19.2 Å². The van der Waals surface area contributed by atoms with Gasteiger partial charge in [0.25, 0.3) is 11.8 Å². The maximum atomic E-state index is 14.8. The number of hydrogen-bond acceptors (Lipinski definition) is 6. The molecule has 0 saturated carbocycles. The summed E-state index contributed by atoms with van der Waals surface area (Å²) in [6.07, 6.45) is 45.6. The monoisotopic (exact) mass is 1170 g/mol. The summed E-state index contributed by atoms with van der Waals surface area (Å²) in [4.78, 5) is 64.5. The van der Waals surface area contributed by atoms with Gasteiger partial charge in [-0.05, 0) is 104 Å². The van der Waals surface area contributed by atoms with Crippen molar-refractivity contribution in [2.24, 2.45) is 0 Å². The second-order valence-corrected chi connectivity index (χ2v) is 27.0. The zero-order valence-corrected chi connectivity index (χ0v) is 54.8. The predicted molar refractivity (Wildman–Crippen MR) is 362 cm³/mol. The fourth-order valence-electron chi connectivity index (χ4n) is 12.7. The molecule has 8 heteroatoms. The number of amides is 4. The Kier molecular flexibility index (Phi) is 28.8. The molecule has 3 aromatic carbocycles. The van der Waals surface area contributed by atoms with E-state index in [1.54, 1.807) is 6.92 Å². The Labute approximate surface area is 516 Å². The first-order valence-corrected chi connectivity index (χ1v) is 35.8. The number of thiophene rings is 2. The number of unbranched alkanes of at least 4 members (excludes halogenated alkanes) is 30. The van der Waals surface area contributed by atoms with Gasteiger partial charge in [-0.2, -0.15) is 0 Å². The molecular formula is C76H106N2O4S2. The number of imide groups is 2. The van der Waals surface area contributed by atoms with Crippen molar-refractivity contribution in [1.29, 1.82) is 0 Å². The number of carbonyl (C=O) groups is 4. The molecule has 7 rings (SSSR count). The molecule has 4 heterocycles. The smallest absolute Gasteiger partial charge is 0.266 e. The first-order valence-electron chi connectivity index (χ1n) is 34.2. The van der Waals surface area contributed by atoms with E-state index in [4.69, 9.17) is 0 Å². The average molecular weight is 1180 g/mol. The highest BCUT2D eigenvalue weighted by Gasteiger charge is 2.38. The molecule has 0 fully saturated rings. The third-order valence-corrected chi connectivity index (χ3v) is 20.6. The first kappa shape index (κ1) is 66.6. The van der Waals surface area contributed by atoms with Crippen molar-refractivity contribution in [2.75, 3.05) is 9.80 Å². The Hall–Kier alpha value is -4.92. The lowest BCUT2D eigenvalue weighted by Gasteiger charge is -2.18. The van der Waals surface area contributed by atoms with E-state index in [1.807, 2.05) is 46.9 Å². The van der Waals surface area contributed by atoms with Gasteiger partial charge in [0.1, 0.15) is 0 Å². The molecule has 2 aromatic heterocycles. The van der Waals surface area contributed by atoms with Crippen LogP contribution in [0.3, 0.4) is 0 Å². The average Bonchev–Trinajstić information content (AvgIpc) is 1.66. The van der Waals surface area contributed by atoms with E-state index in [-0.39, 0.29) is 36.5 Å². The van der Waals surface area contributed by atoms with Crippen molar-refractivity contribution in [3.63, 3.8) is 0 Å². The number of carbonyl (C=O) groups excluding carboxylic acids is 4. The lowest BCUT2D eigenvalue weighted by molar-refractivity contribution is -0.125. The number of aryl methyl sites for hydroxylation is 3. The van der Waals surface area contributed by atoms with Crippen LogP contribution in [0.15, 0.2) is 72.8 Å². The van der Waals surface area contributed by atoms with Gasteiger partial charge in [-0.15, -0.1) is 22.7 Å². The van der Waals surface area contributed by atoms with Crippen LogP contribution in [0.2, 0.25) is 0 Å². The zero-order chi connectivity index (χ0) is 59.5. The van der Waals surface area contributed by atoms with Crippen molar-refractivity contribution in [2.45, 2.75) is 286 Å². The molecule has 4 amide bonds. The molecule has 0 unspecified atom stereocenters. The maximum absolute atomic E-state index is 14.8. The Balaban J connectivity index is 1.13. The Bertz CT molecular complexity index is 2980. The molecule has 0 saturated heterocycles. The topological polar surface area (TPSA) is 74.8 Å². The van der Waals surface area contributed by atoms with Gasteiger partial charge in [-0.25, -0.2) is 9.80 Å². The highest BCUT2D eigenvalue weighted by molar-refractivity contribution is 7.25. The molecule has 0 aliphatic carbocycles. The van der Waals surface area contributed by atoms with Crippen LogP contribution in [-0.4, -0.2) is 23.6 Å². The minimum atomic E-state index is -0.350. The summed E-state index contributed by atoms with van der Waals surface area (Å²) in [6, 6.07) is 26.2. The van der Waals surface area contributed by atoms with Gasteiger partial charge in [-0.3, -0.25) is 19.2 Å². The number of rotatable bonds is 42. The molecule has 84 heavy (non-hydrogen) atoms. The molecule has 0 bridgehead atoms. The molecule has 0 atom stereocenters. The van der Waals surface area contributed by atoms with Crippen LogP contribution in [0.4, 0.5) is 11.4 Å². The van der Waals surface area contributed by atoms with E-state index in [0.717, 1.165) is 56.1 Å². The van der Waals surface area contributed by atoms with Gasteiger partial charge in [0.15, 0.2) is 0 Å². The highest BCUT2D eigenvalue weighted by Crippen LogP contribution is 2.46. The Morgan fingerprint density at radius 2 is 0.690 bits per heavy atom. The number of fused-ring (bicyclic) bond motifs is 2. The van der Waals surface area contributed by atoms with Gasteiger partial charge in [0, 0.05) is 48.4 Å². The summed E-state index contributed by atoms with van der Waals surface area (Å²) in [6.45, 7) is 12.7. The van der Waals surface area contributed by atoms with E-state index in [2.05, 4.69) is 83.1 Å². The van der Waals surface area contributed by atoms with E-state index in [0.29, 0.717) is 45.8 Å². The normalized spacial score (nSPS) is 13.1. The summed E-state index contributed by atoms with van der Waals surface area (Å²) < 4.78 is 0. The minimum absolute atomic E-state index is 0.232. The second kappa shape index (κ2) is 36.3. The number of nitrogens with zero attached hydrogens (tertiary/aromatic N) is 2. The summed E-state index contributed by atoms with van der Waals surface area (Å²) in [7, 11) is 0. The third-order valence-electron chi connectivity index (χ3n) is 17.9. The SMILES string of the molecule is CCCCCCCCCCCCCCCCc1cc(-c2cc(CCCCCCCCCCCCCCCC)c(-c3ccc(C4=c5cc6c(cc5N(C(=O)CCCCC)C4=O)=C(C)C(=O)N6C(=O)CCCCC)cc3)s2)sc1-c1ccc(C)cc1. The van der Waals surface area contributed by atoms with E-state index >= 15 is 0 Å². The van der Waals surface area contributed by atoms with Crippen molar-refractivity contribution >= 4 is 68.8 Å². The molecule has 6 nitrogen and oxygen atoms in total. The van der Waals surface area contributed by atoms with Crippen LogP contribution >= 0.6 is 22.7 Å². The molecule has 5 aromatic rings. The van der Waals surface area contributed by atoms with Gasteiger partial charge in [0.2, 0.25) is 11.8 Å². The van der Waals surface area contributed by atoms with Crippen LogP contribution in [0.1, 0.15) is 288 Å². The fourth-order valence-corrected chi connectivity index (χ4v) is 15.2. The van der Waals surface area contributed by atoms with E-state index in [9.17, 15) is 19.2 Å². The predicted octanol–water partition coefficient (Wildman–Crippen LogP) is 21.4. The molecule has 2 aliphatic rings. The Morgan fingerprint density at radius 3 is 1.10 bits per heavy atom. The van der Waals surface area contributed by atoms with Crippen LogP contribution in [0, 0.1) is 6.92 Å². The standard InChI is InChI=1S/C76H106N2O4S2/c1-7-11-15-17-19-21-23-25-27-29-31-33-35-39-41-62-53-68(83-73(62)60-47-45-57(5)46-48-60)69-54-63(42-40-36-34-32-30-28-26-24-22-20-18-16-12-8-2)74(84-69)61-51-49-59(50-52-61)72-65-56-66-64(58(6)75(81)77(66)70(79)43-37-13-9-3)55-67(65)78(76(72)82)71(80)44-38-14-10-4/h45-56H,7-44H2,1-6H3. The largest absolute Gasteiger partial charge is 0.274 e. The summed E-state index contributed by atoms with van der Waals surface area (Å²) >= 11 is 3.85. The molecule has 0 spiro atoms. The van der Waals surface area contributed by atoms with Gasteiger partial charge < -0.3 is 0 Å². The zero-order valence-electron chi connectivity index (χ0n) is 53.1. The van der Waals surface area contributed by atoms with Crippen molar-refractivity contribution in [1.82, 2.24) is 0 Å². The first-order chi connectivity index (χ1) is 41.1. The summed E-state index contributed by atoms with van der Waals surface area (Å²) in [5, 5.41) is 1.20. The lowest BCUT2D eigenvalue weighted by Crippen LogP contribution is -2.36. The molecular weight excluding hydrogens is 1070 g/mol. The van der Waals surface area contributed by atoms with E-state index in [1.165, 1.54) is 225 Å². The van der Waals surface area contributed by atoms with Crippen molar-refractivity contribution in [3.8, 4) is 30.6 Å². The maximum Gasteiger partial charge on any atom is 0.266 e. The molecule has 2 aliphatic heterocycles. The van der Waals surface area contributed by atoms with Crippen molar-refractivity contribution in [3.05, 3.63) is 105 Å². The Morgan fingerprint density at radius 1 is 0.369 bits per heavy atom. The van der Waals surface area contributed by atoms with Gasteiger partial charge in [-0.1, -0.05) is 274 Å². The van der Waals surface area contributed by atoms with Gasteiger partial charge >= 0.3 is 0 Å². The number of hydrogen-bond donors (Lipinski definition) is 0. The number of benzene rings is 3. The molecule has 0 radical (unpaired) electrons. The summed E-state index contributed by atoms with van der Waals surface area (Å²) in [5.74, 6) is -1.15. The highest BCUT2D eigenvalue weighted by atomic mass is 32.1. The summed E-state index contributed by atoms with van der Waals surface area (Å²) in [5.41, 5.74) is 9.17. The van der Waals surface area contributed by atoms with E-state index < -0.39 is 0 Å². The van der Waals surface area contributed by atoms with Crippen LogP contribution < -0.4 is 20.2 Å². The quantitative estimate of drug-likeness (QED) is 0.0365. The number of anilines is 2. The lowest BCUT2D eigenvalue weighted by atomic mass is 9.98.